The van der Waals surface area contributed by atoms with E-state index in [-0.39, 0.29) is 18.4 Å². The van der Waals surface area contributed by atoms with Gasteiger partial charge in [-0.1, -0.05) is 0 Å². The van der Waals surface area contributed by atoms with E-state index >= 15 is 0 Å². The Labute approximate surface area is 121 Å². The van der Waals surface area contributed by atoms with Crippen LogP contribution in [-0.4, -0.2) is 68.2 Å². The first-order chi connectivity index (χ1) is 9.36. The molecule has 0 spiro atoms. The van der Waals surface area contributed by atoms with Crippen molar-refractivity contribution in [2.45, 2.75) is 32.1 Å². The minimum atomic E-state index is -3.13. The quantitative estimate of drug-likeness (QED) is 0.685. The number of rotatable bonds is 7. The van der Waals surface area contributed by atoms with E-state index in [1.165, 1.54) is 10.6 Å². The number of aliphatic hydroxyl groups excluding tert-OH is 1. The summed E-state index contributed by atoms with van der Waals surface area (Å²) in [4.78, 5) is 14.0. The summed E-state index contributed by atoms with van der Waals surface area (Å²) in [6.07, 6.45) is 5.00. The molecule has 6 nitrogen and oxygen atoms in total. The molecule has 1 saturated heterocycles. The van der Waals surface area contributed by atoms with Gasteiger partial charge in [-0.25, -0.2) is 12.7 Å². The van der Waals surface area contributed by atoms with Crippen LogP contribution in [0.15, 0.2) is 0 Å². The predicted molar refractivity (Wildman–Crippen MR) is 77.7 cm³/mol. The van der Waals surface area contributed by atoms with Crippen LogP contribution in [0.25, 0.3) is 0 Å². The number of carbonyl (C=O) groups excluding carboxylic acids is 1. The van der Waals surface area contributed by atoms with E-state index in [0.29, 0.717) is 32.5 Å². The minimum absolute atomic E-state index is 0.0594. The Bertz CT molecular complexity index is 403. The van der Waals surface area contributed by atoms with Gasteiger partial charge >= 0.3 is 0 Å². The van der Waals surface area contributed by atoms with Crippen molar-refractivity contribution in [3.63, 3.8) is 0 Å². The van der Waals surface area contributed by atoms with E-state index in [9.17, 15) is 13.2 Å². The highest BCUT2D eigenvalue weighted by atomic mass is 32.2. The standard InChI is InChI=1S/C13H26N2O4S/c1-14(8-4-3-5-11-16)13(17)12-6-9-15(10-7-12)20(2,18)19/h12,16H,3-11H2,1-2H3. The molecule has 0 unspecified atom stereocenters. The van der Waals surface area contributed by atoms with Crippen LogP contribution in [-0.2, 0) is 14.8 Å². The van der Waals surface area contributed by atoms with Crippen LogP contribution in [0.2, 0.25) is 0 Å². The second-order valence-corrected chi connectivity index (χ2v) is 7.46. The molecule has 7 heteroatoms. The van der Waals surface area contributed by atoms with Gasteiger partial charge in [0.1, 0.15) is 0 Å². The molecule has 0 aliphatic carbocycles. The fourth-order valence-corrected chi connectivity index (χ4v) is 3.37. The number of aliphatic hydroxyl groups is 1. The SMILES string of the molecule is CN(CCCCCO)C(=O)C1CCN(S(C)(=O)=O)CC1. The van der Waals surface area contributed by atoms with Crippen molar-refractivity contribution in [2.75, 3.05) is 39.5 Å². The number of amides is 1. The number of nitrogens with zero attached hydrogens (tertiary/aromatic N) is 2. The largest absolute Gasteiger partial charge is 0.396 e. The third-order valence-corrected chi connectivity index (χ3v) is 5.10. The molecule has 0 atom stereocenters. The molecule has 20 heavy (non-hydrogen) atoms. The Morgan fingerprint density at radius 3 is 2.35 bits per heavy atom. The van der Waals surface area contributed by atoms with Crippen LogP contribution in [0.1, 0.15) is 32.1 Å². The summed E-state index contributed by atoms with van der Waals surface area (Å²) in [6.45, 7) is 1.77. The van der Waals surface area contributed by atoms with Gasteiger partial charge in [-0.05, 0) is 32.1 Å². The second kappa shape index (κ2) is 7.95. The molecule has 0 aromatic rings. The Kier molecular flexibility index (Phi) is 6.91. The van der Waals surface area contributed by atoms with Crippen LogP contribution >= 0.6 is 0 Å². The summed E-state index contributed by atoms with van der Waals surface area (Å²) < 4.78 is 24.3. The highest BCUT2D eigenvalue weighted by Gasteiger charge is 2.30. The molecule has 1 rings (SSSR count). The molecule has 0 aromatic carbocycles. The number of sulfonamides is 1. The van der Waals surface area contributed by atoms with E-state index in [2.05, 4.69) is 0 Å². The zero-order chi connectivity index (χ0) is 15.2. The molecule has 118 valence electrons. The third kappa shape index (κ3) is 5.38. The molecule has 1 amide bonds. The van der Waals surface area contributed by atoms with Crippen molar-refractivity contribution in [3.05, 3.63) is 0 Å². The lowest BCUT2D eigenvalue weighted by Crippen LogP contribution is -2.43. The Morgan fingerprint density at radius 2 is 1.85 bits per heavy atom. The van der Waals surface area contributed by atoms with Crippen molar-refractivity contribution in [1.82, 2.24) is 9.21 Å². The maximum Gasteiger partial charge on any atom is 0.225 e. The molecule has 0 aromatic heterocycles. The molecule has 1 heterocycles. The van der Waals surface area contributed by atoms with Crippen LogP contribution in [0.4, 0.5) is 0 Å². The lowest BCUT2D eigenvalue weighted by Gasteiger charge is -2.31. The number of hydrogen-bond donors (Lipinski definition) is 1. The van der Waals surface area contributed by atoms with Crippen molar-refractivity contribution < 1.29 is 18.3 Å². The summed E-state index contributed by atoms with van der Waals surface area (Å²) >= 11 is 0. The first-order valence-corrected chi connectivity index (χ1v) is 9.02. The zero-order valence-electron chi connectivity index (χ0n) is 12.4. The van der Waals surface area contributed by atoms with Gasteiger partial charge in [0, 0.05) is 39.2 Å². The summed E-state index contributed by atoms with van der Waals surface area (Å²) in [7, 11) is -1.34. The summed E-state index contributed by atoms with van der Waals surface area (Å²) in [5, 5.41) is 8.70. The van der Waals surface area contributed by atoms with Gasteiger partial charge in [0.2, 0.25) is 15.9 Å². The molecular formula is C13H26N2O4S. The smallest absolute Gasteiger partial charge is 0.225 e. The molecule has 1 aliphatic heterocycles. The van der Waals surface area contributed by atoms with Crippen molar-refractivity contribution in [1.29, 1.82) is 0 Å². The Hall–Kier alpha value is -0.660. The van der Waals surface area contributed by atoms with E-state index in [0.717, 1.165) is 19.3 Å². The first-order valence-electron chi connectivity index (χ1n) is 7.17. The highest BCUT2D eigenvalue weighted by Crippen LogP contribution is 2.21. The fourth-order valence-electron chi connectivity index (χ4n) is 2.49. The number of hydrogen-bond acceptors (Lipinski definition) is 4. The van der Waals surface area contributed by atoms with Gasteiger partial charge in [-0.2, -0.15) is 0 Å². The summed E-state index contributed by atoms with van der Waals surface area (Å²) in [6, 6.07) is 0. The zero-order valence-corrected chi connectivity index (χ0v) is 13.2. The average Bonchev–Trinajstić information content (AvgIpc) is 2.41. The van der Waals surface area contributed by atoms with Gasteiger partial charge in [0.25, 0.3) is 0 Å². The van der Waals surface area contributed by atoms with E-state index in [1.807, 2.05) is 0 Å². The lowest BCUT2D eigenvalue weighted by molar-refractivity contribution is -0.135. The number of carbonyl (C=O) groups is 1. The fraction of sp³-hybridized carbons (Fsp3) is 0.923. The first kappa shape index (κ1) is 17.4. The monoisotopic (exact) mass is 306 g/mol. The van der Waals surface area contributed by atoms with E-state index in [1.54, 1.807) is 11.9 Å². The lowest BCUT2D eigenvalue weighted by atomic mass is 9.96. The van der Waals surface area contributed by atoms with Gasteiger partial charge < -0.3 is 10.0 Å². The van der Waals surface area contributed by atoms with Crippen LogP contribution in [0, 0.1) is 5.92 Å². The van der Waals surface area contributed by atoms with Gasteiger partial charge in [-0.15, -0.1) is 0 Å². The molecule has 1 fully saturated rings. The van der Waals surface area contributed by atoms with Crippen molar-refractivity contribution in [2.24, 2.45) is 5.92 Å². The topological polar surface area (TPSA) is 77.9 Å². The highest BCUT2D eigenvalue weighted by molar-refractivity contribution is 7.88. The van der Waals surface area contributed by atoms with Gasteiger partial charge in [0.15, 0.2) is 0 Å². The Morgan fingerprint density at radius 1 is 1.25 bits per heavy atom. The molecule has 0 bridgehead atoms. The van der Waals surface area contributed by atoms with E-state index in [4.69, 9.17) is 5.11 Å². The molecule has 1 N–H and O–H groups in total. The molecule has 0 saturated carbocycles. The maximum absolute atomic E-state index is 12.2. The second-order valence-electron chi connectivity index (χ2n) is 5.48. The molecule has 0 radical (unpaired) electrons. The number of piperidine rings is 1. The minimum Gasteiger partial charge on any atom is -0.396 e. The normalized spacial score (nSPS) is 18.1. The third-order valence-electron chi connectivity index (χ3n) is 3.80. The van der Waals surface area contributed by atoms with Crippen molar-refractivity contribution in [3.8, 4) is 0 Å². The summed E-state index contributed by atoms with van der Waals surface area (Å²) in [5.74, 6) is 0.0537. The maximum atomic E-state index is 12.2. The number of unbranched alkanes of at least 4 members (excludes halogenated alkanes) is 2. The predicted octanol–water partition coefficient (Wildman–Crippen LogP) is 0.279. The van der Waals surface area contributed by atoms with Crippen LogP contribution in [0.5, 0.6) is 0 Å². The molecular weight excluding hydrogens is 280 g/mol. The summed E-state index contributed by atoms with van der Waals surface area (Å²) in [5.41, 5.74) is 0. The van der Waals surface area contributed by atoms with Crippen LogP contribution < -0.4 is 0 Å². The average molecular weight is 306 g/mol. The molecule has 1 aliphatic rings. The Balaban J connectivity index is 2.35. The van der Waals surface area contributed by atoms with Crippen LogP contribution in [0.3, 0.4) is 0 Å². The van der Waals surface area contributed by atoms with E-state index < -0.39 is 10.0 Å². The van der Waals surface area contributed by atoms with Gasteiger partial charge in [0.05, 0.1) is 6.26 Å². The van der Waals surface area contributed by atoms with Crippen molar-refractivity contribution >= 4 is 15.9 Å². The van der Waals surface area contributed by atoms with Gasteiger partial charge in [-0.3, -0.25) is 4.79 Å².